The fourth-order valence-electron chi connectivity index (χ4n) is 5.14. The van der Waals surface area contributed by atoms with Gasteiger partial charge in [0, 0.05) is 25.6 Å². The molecule has 2 fully saturated rings. The minimum atomic E-state index is -5.30. The highest BCUT2D eigenvalue weighted by Crippen LogP contribution is 2.29. The summed E-state index contributed by atoms with van der Waals surface area (Å²) in [4.78, 5) is 57.1. The van der Waals surface area contributed by atoms with E-state index >= 15 is 0 Å². The van der Waals surface area contributed by atoms with E-state index in [4.69, 9.17) is 0 Å². The van der Waals surface area contributed by atoms with Crippen molar-refractivity contribution in [2.75, 3.05) is 19.6 Å². The highest BCUT2D eigenvalue weighted by Gasteiger charge is 2.44. The van der Waals surface area contributed by atoms with Crippen LogP contribution in [-0.2, 0) is 25.6 Å². The van der Waals surface area contributed by atoms with Crippen LogP contribution >= 0.6 is 0 Å². The molecule has 1 saturated carbocycles. The number of halogens is 4. The number of alkyl halides is 3. The zero-order chi connectivity index (χ0) is 28.5. The molecule has 2 aliphatic heterocycles. The van der Waals surface area contributed by atoms with E-state index in [0.29, 0.717) is 22.9 Å². The number of hydrogen-bond acceptors (Lipinski definition) is 6. The third-order valence-corrected chi connectivity index (χ3v) is 7.55. The largest absolute Gasteiger partial charge is 0.493 e. The van der Waals surface area contributed by atoms with Crippen LogP contribution in [0.5, 0.6) is 0 Å². The number of allylic oxidation sites excluding steroid dienone is 1. The minimum absolute atomic E-state index is 0.0287. The predicted molar refractivity (Wildman–Crippen MR) is 129 cm³/mol. The number of hydroxylamine groups is 1. The van der Waals surface area contributed by atoms with E-state index in [1.807, 2.05) is 0 Å². The Bertz CT molecular complexity index is 1200. The van der Waals surface area contributed by atoms with Crippen molar-refractivity contribution in [1.29, 1.82) is 0 Å². The number of carbonyl (C=O) groups is 4. The van der Waals surface area contributed by atoms with Crippen molar-refractivity contribution in [1.82, 2.24) is 20.4 Å². The van der Waals surface area contributed by atoms with E-state index in [0.717, 1.165) is 38.2 Å². The Morgan fingerprint density at radius 3 is 2.44 bits per heavy atom. The zero-order valence-electron chi connectivity index (χ0n) is 21.6. The van der Waals surface area contributed by atoms with Gasteiger partial charge >= 0.3 is 12.1 Å². The molecule has 1 atom stereocenters. The van der Waals surface area contributed by atoms with Gasteiger partial charge in [0.25, 0.3) is 5.91 Å². The van der Waals surface area contributed by atoms with Gasteiger partial charge in [-0.15, -0.1) is 5.17 Å². The van der Waals surface area contributed by atoms with E-state index in [-0.39, 0.29) is 42.7 Å². The first kappa shape index (κ1) is 28.4. The van der Waals surface area contributed by atoms with Gasteiger partial charge in [0.05, 0.1) is 17.2 Å². The van der Waals surface area contributed by atoms with Gasteiger partial charge < -0.3 is 14.6 Å². The number of nitrogens with one attached hydrogen (secondary N) is 1. The van der Waals surface area contributed by atoms with Crippen LogP contribution in [0.2, 0.25) is 0 Å². The molecule has 9 nitrogen and oxygen atoms in total. The van der Waals surface area contributed by atoms with Crippen LogP contribution in [0, 0.1) is 11.7 Å². The van der Waals surface area contributed by atoms with E-state index in [9.17, 15) is 36.7 Å². The lowest BCUT2D eigenvalue weighted by Gasteiger charge is -2.40. The molecule has 1 aromatic rings. The lowest BCUT2D eigenvalue weighted by molar-refractivity contribution is -0.242. The topological polar surface area (TPSA) is 99.3 Å². The van der Waals surface area contributed by atoms with Gasteiger partial charge in [-0.3, -0.25) is 14.4 Å². The number of carbonyl (C=O) groups excluding carboxylic acids is 4. The van der Waals surface area contributed by atoms with Crippen molar-refractivity contribution >= 4 is 23.7 Å². The van der Waals surface area contributed by atoms with Crippen LogP contribution in [0.4, 0.5) is 17.6 Å². The fourth-order valence-corrected chi connectivity index (χ4v) is 5.14. The van der Waals surface area contributed by atoms with Gasteiger partial charge in [0.2, 0.25) is 11.8 Å². The Labute approximate surface area is 222 Å². The van der Waals surface area contributed by atoms with Gasteiger partial charge in [0.15, 0.2) is 0 Å². The molecular formula is C26H30F4N4O5. The molecule has 4 rings (SSSR count). The van der Waals surface area contributed by atoms with E-state index in [2.05, 4.69) is 10.3 Å². The molecule has 0 radical (unpaired) electrons. The number of hydrogen-bond donors (Lipinski definition) is 1. The first-order valence-corrected chi connectivity index (χ1v) is 12.8. The Kier molecular flexibility index (Phi) is 8.17. The van der Waals surface area contributed by atoms with Gasteiger partial charge in [-0.1, -0.05) is 25.3 Å². The highest BCUT2D eigenvalue weighted by atomic mass is 19.4. The molecule has 0 spiro atoms. The number of piperazine rings is 1. The fraction of sp³-hybridized carbons (Fsp3) is 0.538. The standard InChI is InChI=1S/C26H30F4N4O5/c1-15-16(2)23(36)31-34(39-25(38)26(28,29)30)21(15)13-17-8-9-20(27)19(12-17)24(37)32-10-11-33(22(35)14-32)18-6-4-3-5-7-18/h8-9,12,16,18H,3-7,10-11,13-14H2,1-2H3,(H,31,36). The van der Waals surface area contributed by atoms with Crippen molar-refractivity contribution in [3.8, 4) is 0 Å². The molecule has 3 aliphatic rings. The van der Waals surface area contributed by atoms with Gasteiger partial charge in [-0.2, -0.15) is 13.2 Å². The maximum absolute atomic E-state index is 14.8. The summed E-state index contributed by atoms with van der Waals surface area (Å²) in [7, 11) is 0. The lowest BCUT2D eigenvalue weighted by atomic mass is 9.93. The first-order chi connectivity index (χ1) is 18.4. The van der Waals surface area contributed by atoms with Crippen molar-refractivity contribution in [3.63, 3.8) is 0 Å². The Morgan fingerprint density at radius 2 is 1.79 bits per heavy atom. The summed E-state index contributed by atoms with van der Waals surface area (Å²) in [5, 5.41) is 0.363. The summed E-state index contributed by atoms with van der Waals surface area (Å²) < 4.78 is 53.2. The average molecular weight is 555 g/mol. The minimum Gasteiger partial charge on any atom is -0.336 e. The summed E-state index contributed by atoms with van der Waals surface area (Å²) in [6.45, 7) is 3.46. The van der Waals surface area contributed by atoms with E-state index < -0.39 is 35.7 Å². The lowest BCUT2D eigenvalue weighted by Crippen LogP contribution is -2.55. The van der Waals surface area contributed by atoms with Gasteiger partial charge in [0.1, 0.15) is 12.4 Å². The second-order valence-corrected chi connectivity index (χ2v) is 10.1. The molecule has 1 unspecified atom stereocenters. The molecule has 39 heavy (non-hydrogen) atoms. The predicted octanol–water partition coefficient (Wildman–Crippen LogP) is 3.26. The zero-order valence-corrected chi connectivity index (χ0v) is 21.6. The maximum Gasteiger partial charge on any atom is 0.493 e. The molecule has 1 aromatic carbocycles. The first-order valence-electron chi connectivity index (χ1n) is 12.8. The third kappa shape index (κ3) is 6.17. The number of nitrogens with zero attached hydrogens (tertiary/aromatic N) is 3. The molecule has 3 amide bonds. The molecule has 0 aromatic heterocycles. The summed E-state index contributed by atoms with van der Waals surface area (Å²) in [5.41, 5.74) is 2.49. The van der Waals surface area contributed by atoms with E-state index in [1.54, 1.807) is 4.90 Å². The van der Waals surface area contributed by atoms with Crippen LogP contribution < -0.4 is 5.43 Å². The van der Waals surface area contributed by atoms with E-state index in [1.165, 1.54) is 30.9 Å². The smallest absolute Gasteiger partial charge is 0.336 e. The molecule has 2 heterocycles. The average Bonchev–Trinajstić information content (AvgIpc) is 2.90. The summed E-state index contributed by atoms with van der Waals surface area (Å²) in [6, 6.07) is 3.80. The molecule has 13 heteroatoms. The summed E-state index contributed by atoms with van der Waals surface area (Å²) >= 11 is 0. The Hall–Kier alpha value is -3.64. The molecular weight excluding hydrogens is 524 g/mol. The molecule has 1 aliphatic carbocycles. The van der Waals surface area contributed by atoms with Gasteiger partial charge in [-0.25, -0.2) is 14.6 Å². The van der Waals surface area contributed by atoms with Crippen molar-refractivity contribution in [2.45, 2.75) is 64.6 Å². The number of benzene rings is 1. The second kappa shape index (κ2) is 11.2. The molecule has 1 N–H and O–H groups in total. The van der Waals surface area contributed by atoms with Crippen molar-refractivity contribution < 1.29 is 41.6 Å². The number of hydrazine groups is 1. The maximum atomic E-state index is 14.8. The van der Waals surface area contributed by atoms with Gasteiger partial charge in [-0.05, 0) is 50.0 Å². The van der Waals surface area contributed by atoms with Crippen LogP contribution in [0.1, 0.15) is 61.9 Å². The highest BCUT2D eigenvalue weighted by molar-refractivity contribution is 5.97. The number of rotatable bonds is 5. The normalized spacial score (nSPS) is 21.3. The van der Waals surface area contributed by atoms with Crippen LogP contribution in [0.15, 0.2) is 29.5 Å². The van der Waals surface area contributed by atoms with Crippen molar-refractivity contribution in [2.24, 2.45) is 5.92 Å². The monoisotopic (exact) mass is 554 g/mol. The summed E-state index contributed by atoms with van der Waals surface area (Å²) in [5.74, 6) is -5.64. The van der Waals surface area contributed by atoms with Crippen LogP contribution in [-0.4, -0.2) is 70.5 Å². The Morgan fingerprint density at radius 1 is 1.10 bits per heavy atom. The summed E-state index contributed by atoms with van der Waals surface area (Å²) in [6.07, 6.45) is -0.374. The SMILES string of the molecule is CC1=C(Cc2ccc(F)c(C(=O)N3CCN(C4CCCCC4)C(=O)C3)c2)N(OC(=O)C(F)(F)F)NC(=O)C1C. The second-order valence-electron chi connectivity index (χ2n) is 10.1. The quantitative estimate of drug-likeness (QED) is 0.562. The Balaban J connectivity index is 1.52. The molecule has 0 bridgehead atoms. The third-order valence-electron chi connectivity index (χ3n) is 7.55. The van der Waals surface area contributed by atoms with Crippen LogP contribution in [0.3, 0.4) is 0 Å². The van der Waals surface area contributed by atoms with Crippen molar-refractivity contribution in [3.05, 3.63) is 46.4 Å². The molecule has 1 saturated heterocycles. The van der Waals surface area contributed by atoms with Crippen LogP contribution in [0.25, 0.3) is 0 Å². The number of amides is 3. The molecule has 212 valence electrons.